The van der Waals surface area contributed by atoms with Crippen LogP contribution in [0, 0.1) is 27.7 Å². The van der Waals surface area contributed by atoms with Crippen molar-refractivity contribution in [3.8, 4) is 0 Å². The number of aromatic nitrogens is 1. The number of sulfone groups is 1. The fourth-order valence-electron chi connectivity index (χ4n) is 3.48. The van der Waals surface area contributed by atoms with Gasteiger partial charge in [-0.1, -0.05) is 42.0 Å². The molecule has 1 amide bonds. The van der Waals surface area contributed by atoms with Gasteiger partial charge in [-0.15, -0.1) is 6.58 Å². The van der Waals surface area contributed by atoms with E-state index in [0.29, 0.717) is 17.7 Å². The number of nitrogens with zero attached hydrogens (tertiary/aromatic N) is 1. The number of rotatable bonds is 6. The van der Waals surface area contributed by atoms with Crippen molar-refractivity contribution in [3.63, 3.8) is 0 Å². The highest BCUT2D eigenvalue weighted by atomic mass is 32.2. The molecule has 30 heavy (non-hydrogen) atoms. The quantitative estimate of drug-likeness (QED) is 0.569. The lowest BCUT2D eigenvalue weighted by atomic mass is 10.1. The van der Waals surface area contributed by atoms with Gasteiger partial charge in [-0.05, 0) is 57.0 Å². The van der Waals surface area contributed by atoms with Crippen molar-refractivity contribution in [3.05, 3.63) is 89.1 Å². The Bertz CT molecular complexity index is 1220. The van der Waals surface area contributed by atoms with Crippen molar-refractivity contribution < 1.29 is 13.2 Å². The normalized spacial score (nSPS) is 11.3. The molecular formula is C24H26N2O3S. The average molecular weight is 423 g/mol. The average Bonchev–Trinajstić information content (AvgIpc) is 2.93. The van der Waals surface area contributed by atoms with Crippen LogP contribution in [0.15, 0.2) is 71.0 Å². The van der Waals surface area contributed by atoms with E-state index >= 15 is 0 Å². The second kappa shape index (κ2) is 8.32. The topological polar surface area (TPSA) is 68.2 Å². The monoisotopic (exact) mass is 422 g/mol. The second-order valence-corrected chi connectivity index (χ2v) is 9.26. The van der Waals surface area contributed by atoms with Crippen LogP contribution in [0.3, 0.4) is 0 Å². The zero-order valence-corrected chi connectivity index (χ0v) is 18.5. The summed E-state index contributed by atoms with van der Waals surface area (Å²) in [5, 5.41) is 2.87. The van der Waals surface area contributed by atoms with E-state index in [2.05, 4.69) is 11.9 Å². The minimum absolute atomic E-state index is 0.118. The maximum atomic E-state index is 13.6. The van der Waals surface area contributed by atoms with Gasteiger partial charge in [-0.3, -0.25) is 4.79 Å². The Balaban J connectivity index is 2.20. The summed E-state index contributed by atoms with van der Waals surface area (Å²) in [5.41, 5.74) is 3.66. The number of aryl methyl sites for hydroxylation is 2. The minimum atomic E-state index is -3.84. The van der Waals surface area contributed by atoms with Crippen molar-refractivity contribution in [1.29, 1.82) is 0 Å². The molecule has 0 unspecified atom stereocenters. The lowest BCUT2D eigenvalue weighted by molar-refractivity contribution is 0.102. The number of carbonyl (C=O) groups excluding carboxylic acids is 1. The molecule has 1 N–H and O–H groups in total. The first kappa shape index (κ1) is 21.6. The summed E-state index contributed by atoms with van der Waals surface area (Å²) >= 11 is 0. The maximum Gasteiger partial charge on any atom is 0.257 e. The second-order valence-electron chi connectivity index (χ2n) is 7.37. The number of amides is 1. The Hall–Kier alpha value is -3.12. The summed E-state index contributed by atoms with van der Waals surface area (Å²) in [6.07, 6.45) is 1.68. The number of nitrogens with one attached hydrogen (secondary N) is 1. The lowest BCUT2D eigenvalue weighted by Gasteiger charge is -2.14. The third-order valence-electron chi connectivity index (χ3n) is 5.31. The molecule has 3 rings (SSSR count). The van der Waals surface area contributed by atoms with Crippen molar-refractivity contribution in [2.75, 3.05) is 5.32 Å². The standard InChI is InChI=1S/C24H26N2O3S/c1-6-15-26-19(5)18(4)22(30(28,29)20-13-11-16(2)12-14-20)23(26)25-24(27)21-10-8-7-9-17(21)3/h6-14H,1,15H2,2-5H3,(H,25,27). The highest BCUT2D eigenvalue weighted by molar-refractivity contribution is 7.91. The number of anilines is 1. The van der Waals surface area contributed by atoms with Crippen LogP contribution < -0.4 is 5.32 Å². The summed E-state index contributed by atoms with van der Waals surface area (Å²) in [6.45, 7) is 11.5. The predicted octanol–water partition coefficient (Wildman–Crippen LogP) is 4.99. The Morgan fingerprint density at radius 2 is 1.67 bits per heavy atom. The molecule has 6 heteroatoms. The molecule has 5 nitrogen and oxygen atoms in total. The maximum absolute atomic E-state index is 13.6. The van der Waals surface area contributed by atoms with Gasteiger partial charge < -0.3 is 9.88 Å². The van der Waals surface area contributed by atoms with E-state index in [1.165, 1.54) is 0 Å². The van der Waals surface area contributed by atoms with E-state index < -0.39 is 9.84 Å². The third kappa shape index (κ3) is 3.83. The SMILES string of the molecule is C=CCn1c(C)c(C)c(S(=O)(=O)c2ccc(C)cc2)c1NC(=O)c1ccccc1C. The van der Waals surface area contributed by atoms with E-state index in [-0.39, 0.29) is 21.5 Å². The van der Waals surface area contributed by atoms with E-state index in [1.807, 2.05) is 32.9 Å². The van der Waals surface area contributed by atoms with Gasteiger partial charge in [0.1, 0.15) is 10.7 Å². The molecule has 0 saturated heterocycles. The van der Waals surface area contributed by atoms with Gasteiger partial charge in [0, 0.05) is 17.8 Å². The van der Waals surface area contributed by atoms with Crippen LogP contribution in [0.2, 0.25) is 0 Å². The molecule has 3 aromatic rings. The molecule has 0 saturated carbocycles. The molecule has 0 fully saturated rings. The van der Waals surface area contributed by atoms with Gasteiger partial charge in [0.2, 0.25) is 9.84 Å². The summed E-state index contributed by atoms with van der Waals surface area (Å²) in [6, 6.07) is 13.9. The summed E-state index contributed by atoms with van der Waals surface area (Å²) in [7, 11) is -3.84. The van der Waals surface area contributed by atoms with Gasteiger partial charge in [0.25, 0.3) is 5.91 Å². The molecule has 0 bridgehead atoms. The molecule has 1 aromatic heterocycles. The van der Waals surface area contributed by atoms with Crippen molar-refractivity contribution in [2.45, 2.75) is 44.0 Å². The van der Waals surface area contributed by atoms with Gasteiger partial charge in [-0.2, -0.15) is 0 Å². The van der Waals surface area contributed by atoms with Crippen LogP contribution in [0.4, 0.5) is 5.82 Å². The fraction of sp³-hybridized carbons (Fsp3) is 0.208. The van der Waals surface area contributed by atoms with Crippen LogP contribution in [0.25, 0.3) is 0 Å². The number of carbonyl (C=O) groups is 1. The first-order chi connectivity index (χ1) is 14.2. The summed E-state index contributed by atoms with van der Waals surface area (Å²) < 4.78 is 28.9. The number of benzene rings is 2. The molecular weight excluding hydrogens is 396 g/mol. The summed E-state index contributed by atoms with van der Waals surface area (Å²) in [4.78, 5) is 13.3. The van der Waals surface area contributed by atoms with Crippen LogP contribution in [0.1, 0.15) is 32.7 Å². The van der Waals surface area contributed by atoms with E-state index in [0.717, 1.165) is 16.8 Å². The molecule has 0 aliphatic heterocycles. The van der Waals surface area contributed by atoms with Crippen LogP contribution in [0.5, 0.6) is 0 Å². The number of hydrogen-bond donors (Lipinski definition) is 1. The largest absolute Gasteiger partial charge is 0.327 e. The molecule has 0 atom stereocenters. The van der Waals surface area contributed by atoms with Crippen molar-refractivity contribution >= 4 is 21.6 Å². The van der Waals surface area contributed by atoms with E-state index in [1.54, 1.807) is 54.0 Å². The number of allylic oxidation sites excluding steroid dienone is 1. The van der Waals surface area contributed by atoms with Crippen molar-refractivity contribution in [2.24, 2.45) is 0 Å². The Labute approximate surface area is 178 Å². The smallest absolute Gasteiger partial charge is 0.257 e. The van der Waals surface area contributed by atoms with Gasteiger partial charge >= 0.3 is 0 Å². The fourth-order valence-corrected chi connectivity index (χ4v) is 5.18. The third-order valence-corrected chi connectivity index (χ3v) is 7.24. The summed E-state index contributed by atoms with van der Waals surface area (Å²) in [5.74, 6) is -0.0880. The molecule has 1 heterocycles. The highest BCUT2D eigenvalue weighted by Crippen LogP contribution is 2.35. The Kier molecular flexibility index (Phi) is 5.99. The zero-order chi connectivity index (χ0) is 22.1. The predicted molar refractivity (Wildman–Crippen MR) is 120 cm³/mol. The lowest BCUT2D eigenvalue weighted by Crippen LogP contribution is -2.18. The Morgan fingerprint density at radius 3 is 2.27 bits per heavy atom. The Morgan fingerprint density at radius 1 is 1.03 bits per heavy atom. The first-order valence-electron chi connectivity index (χ1n) is 9.67. The van der Waals surface area contributed by atoms with Gasteiger partial charge in [-0.25, -0.2) is 8.42 Å². The van der Waals surface area contributed by atoms with Crippen LogP contribution in [-0.4, -0.2) is 18.9 Å². The minimum Gasteiger partial charge on any atom is -0.327 e. The van der Waals surface area contributed by atoms with Crippen LogP contribution >= 0.6 is 0 Å². The van der Waals surface area contributed by atoms with Crippen molar-refractivity contribution in [1.82, 2.24) is 4.57 Å². The molecule has 0 spiro atoms. The molecule has 2 aromatic carbocycles. The first-order valence-corrected chi connectivity index (χ1v) is 11.2. The molecule has 0 aliphatic rings. The highest BCUT2D eigenvalue weighted by Gasteiger charge is 2.30. The molecule has 0 radical (unpaired) electrons. The molecule has 0 aliphatic carbocycles. The molecule has 156 valence electrons. The van der Waals surface area contributed by atoms with Gasteiger partial charge in [0.05, 0.1) is 4.90 Å². The van der Waals surface area contributed by atoms with E-state index in [4.69, 9.17) is 0 Å². The van der Waals surface area contributed by atoms with Crippen LogP contribution in [-0.2, 0) is 16.4 Å². The van der Waals surface area contributed by atoms with E-state index in [9.17, 15) is 13.2 Å². The van der Waals surface area contributed by atoms with Gasteiger partial charge in [0.15, 0.2) is 0 Å². The zero-order valence-electron chi connectivity index (χ0n) is 17.7. The number of hydrogen-bond acceptors (Lipinski definition) is 3.